The zero-order chi connectivity index (χ0) is 17.3. The monoisotopic (exact) mass is 333 g/mol. The smallest absolute Gasteiger partial charge is 0.0697 e. The number of aliphatic hydroxyl groups is 2. The number of rotatable bonds is 1. The van der Waals surface area contributed by atoms with Crippen molar-refractivity contribution < 1.29 is 10.2 Å². The number of aliphatic hydroxyl groups excluding tert-OH is 2. The molecule has 24 heavy (non-hydrogen) atoms. The van der Waals surface area contributed by atoms with Crippen molar-refractivity contribution in [3.05, 3.63) is 11.6 Å². The van der Waals surface area contributed by atoms with E-state index in [2.05, 4.69) is 19.9 Å². The molecular formula is C21H35NO2. The van der Waals surface area contributed by atoms with Crippen molar-refractivity contribution in [3.8, 4) is 0 Å². The molecule has 4 N–H and O–H groups in total. The van der Waals surface area contributed by atoms with Crippen molar-refractivity contribution in [1.82, 2.24) is 0 Å². The third-order valence-electron chi connectivity index (χ3n) is 9.15. The van der Waals surface area contributed by atoms with E-state index in [1.807, 2.05) is 6.92 Å². The molecule has 0 aromatic rings. The highest BCUT2D eigenvalue weighted by atomic mass is 16.3. The largest absolute Gasteiger partial charge is 0.393 e. The molecule has 8 atom stereocenters. The second-order valence-corrected chi connectivity index (χ2v) is 9.87. The average molecular weight is 334 g/mol. The van der Waals surface area contributed by atoms with E-state index < -0.39 is 11.6 Å². The van der Waals surface area contributed by atoms with Crippen LogP contribution >= 0.6 is 0 Å². The lowest BCUT2D eigenvalue weighted by Crippen LogP contribution is -2.62. The van der Waals surface area contributed by atoms with Crippen LogP contribution in [0.25, 0.3) is 0 Å². The maximum atomic E-state index is 10.4. The third-order valence-corrected chi connectivity index (χ3v) is 9.15. The van der Waals surface area contributed by atoms with Crippen LogP contribution in [0.1, 0.15) is 72.1 Å². The van der Waals surface area contributed by atoms with Gasteiger partial charge in [0.25, 0.3) is 0 Å². The Labute approximate surface area is 146 Å². The highest BCUT2D eigenvalue weighted by Crippen LogP contribution is 2.67. The van der Waals surface area contributed by atoms with Gasteiger partial charge < -0.3 is 15.9 Å². The maximum absolute atomic E-state index is 10.4. The number of fused-ring (bicyclic) bond motifs is 5. The summed E-state index contributed by atoms with van der Waals surface area (Å²) in [5, 5.41) is 20.5. The zero-order valence-electron chi connectivity index (χ0n) is 15.6. The Morgan fingerprint density at radius 2 is 1.83 bits per heavy atom. The molecular weight excluding hydrogens is 298 g/mol. The van der Waals surface area contributed by atoms with E-state index in [1.54, 1.807) is 0 Å². The van der Waals surface area contributed by atoms with E-state index >= 15 is 0 Å². The molecule has 4 aliphatic rings. The van der Waals surface area contributed by atoms with Gasteiger partial charge in [-0.3, -0.25) is 0 Å². The molecule has 0 aliphatic heterocycles. The van der Waals surface area contributed by atoms with Crippen LogP contribution in [0, 0.1) is 28.6 Å². The lowest BCUT2D eigenvalue weighted by Gasteiger charge is -2.59. The van der Waals surface area contributed by atoms with Gasteiger partial charge in [-0.05, 0) is 86.9 Å². The summed E-state index contributed by atoms with van der Waals surface area (Å²) in [7, 11) is 0. The molecule has 0 saturated heterocycles. The molecule has 0 heterocycles. The minimum atomic E-state index is -0.431. The first kappa shape index (κ1) is 17.1. The normalized spacial score (nSPS) is 55.2. The fourth-order valence-electron chi connectivity index (χ4n) is 7.44. The second-order valence-electron chi connectivity index (χ2n) is 9.87. The van der Waals surface area contributed by atoms with E-state index in [9.17, 15) is 10.2 Å². The molecule has 0 aromatic heterocycles. The van der Waals surface area contributed by atoms with E-state index in [-0.39, 0.29) is 16.9 Å². The van der Waals surface area contributed by atoms with Gasteiger partial charge in [-0.1, -0.05) is 25.5 Å². The molecule has 0 unspecified atom stereocenters. The van der Waals surface area contributed by atoms with E-state index in [1.165, 1.54) is 18.4 Å². The summed E-state index contributed by atoms with van der Waals surface area (Å²) >= 11 is 0. The molecule has 3 heteroatoms. The van der Waals surface area contributed by atoms with Crippen molar-refractivity contribution in [3.63, 3.8) is 0 Å². The van der Waals surface area contributed by atoms with E-state index in [0.29, 0.717) is 11.8 Å². The van der Waals surface area contributed by atoms with Gasteiger partial charge >= 0.3 is 0 Å². The summed E-state index contributed by atoms with van der Waals surface area (Å²) in [6.07, 6.45) is 10.5. The van der Waals surface area contributed by atoms with Gasteiger partial charge in [0.1, 0.15) is 0 Å². The Balaban J connectivity index is 1.68. The van der Waals surface area contributed by atoms with Gasteiger partial charge in [-0.15, -0.1) is 0 Å². The molecule has 0 amide bonds. The lowest BCUT2D eigenvalue weighted by molar-refractivity contribution is -0.0778. The van der Waals surface area contributed by atoms with Gasteiger partial charge in [0.15, 0.2) is 0 Å². The van der Waals surface area contributed by atoms with Crippen LogP contribution in [0.15, 0.2) is 11.6 Å². The minimum Gasteiger partial charge on any atom is -0.393 e. The zero-order valence-corrected chi connectivity index (χ0v) is 15.6. The van der Waals surface area contributed by atoms with Crippen LogP contribution in [0.5, 0.6) is 0 Å². The van der Waals surface area contributed by atoms with Crippen LogP contribution in [-0.4, -0.2) is 28.0 Å². The number of nitrogens with two attached hydrogens (primary N) is 1. The molecule has 0 bridgehead atoms. The summed E-state index contributed by atoms with van der Waals surface area (Å²) in [5.41, 5.74) is 8.26. The topological polar surface area (TPSA) is 66.5 Å². The van der Waals surface area contributed by atoms with Crippen molar-refractivity contribution in [1.29, 1.82) is 0 Å². The molecule has 136 valence electrons. The summed E-state index contributed by atoms with van der Waals surface area (Å²) in [6, 6.07) is 0. The molecule has 3 fully saturated rings. The summed E-state index contributed by atoms with van der Waals surface area (Å²) < 4.78 is 0. The van der Waals surface area contributed by atoms with Gasteiger partial charge in [0, 0.05) is 5.54 Å². The van der Waals surface area contributed by atoms with Crippen molar-refractivity contribution >= 4 is 0 Å². The quantitative estimate of drug-likeness (QED) is 0.644. The molecule has 4 aliphatic carbocycles. The Hall–Kier alpha value is -0.380. The molecule has 0 aromatic carbocycles. The fraction of sp³-hybridized carbons (Fsp3) is 0.905. The van der Waals surface area contributed by atoms with Gasteiger partial charge in [-0.2, -0.15) is 0 Å². The average Bonchev–Trinajstić information content (AvgIpc) is 2.81. The predicted molar refractivity (Wildman–Crippen MR) is 96.3 cm³/mol. The van der Waals surface area contributed by atoms with Crippen LogP contribution in [0.3, 0.4) is 0 Å². The SMILES string of the molecule is C[C@@H](O)[C@]1(N)CC[C@@H]2[C@H]3CC=C4C[C@@H](O)CC[C@]4(C)[C@@H]3CC[C@@]21C. The standard InChI is InChI=1S/C21H35NO2/c1-13(23)21(22)11-8-18-16-5-4-14-12-15(24)6-9-19(14,2)17(16)7-10-20(18,21)3/h4,13,15-18,23-24H,5-12,22H2,1-3H3/t13-,15+,16+,17-,18-,19+,20+,21-/m1/s1. The Bertz CT molecular complexity index is 558. The number of hydrogen-bond acceptors (Lipinski definition) is 3. The van der Waals surface area contributed by atoms with E-state index in [0.717, 1.165) is 44.4 Å². The molecule has 4 rings (SSSR count). The predicted octanol–water partition coefficient (Wildman–Crippen LogP) is 3.39. The molecule has 3 saturated carbocycles. The lowest BCUT2D eigenvalue weighted by atomic mass is 9.46. The Kier molecular flexibility index (Phi) is 3.77. The van der Waals surface area contributed by atoms with Crippen LogP contribution in [0.2, 0.25) is 0 Å². The van der Waals surface area contributed by atoms with E-state index in [4.69, 9.17) is 5.73 Å². The van der Waals surface area contributed by atoms with Crippen molar-refractivity contribution in [2.24, 2.45) is 34.3 Å². The number of allylic oxidation sites excluding steroid dienone is 1. The van der Waals surface area contributed by atoms with Crippen LogP contribution in [-0.2, 0) is 0 Å². The van der Waals surface area contributed by atoms with Gasteiger partial charge in [0.05, 0.1) is 12.2 Å². The van der Waals surface area contributed by atoms with Crippen molar-refractivity contribution in [2.45, 2.75) is 89.9 Å². The first-order valence-electron chi connectivity index (χ1n) is 10.1. The van der Waals surface area contributed by atoms with Gasteiger partial charge in [-0.25, -0.2) is 0 Å². The molecule has 3 nitrogen and oxygen atoms in total. The summed E-state index contributed by atoms with van der Waals surface area (Å²) in [4.78, 5) is 0. The Morgan fingerprint density at radius 1 is 1.12 bits per heavy atom. The first-order valence-corrected chi connectivity index (χ1v) is 10.1. The van der Waals surface area contributed by atoms with Crippen molar-refractivity contribution in [2.75, 3.05) is 0 Å². The van der Waals surface area contributed by atoms with Crippen LogP contribution < -0.4 is 5.73 Å². The molecule has 0 spiro atoms. The minimum absolute atomic E-state index is 0.0677. The second kappa shape index (κ2) is 5.31. The maximum Gasteiger partial charge on any atom is 0.0697 e. The van der Waals surface area contributed by atoms with Gasteiger partial charge in [0.2, 0.25) is 0 Å². The fourth-order valence-corrected chi connectivity index (χ4v) is 7.44. The summed E-state index contributed by atoms with van der Waals surface area (Å²) in [5.74, 6) is 2.08. The third kappa shape index (κ3) is 2.01. The highest BCUT2D eigenvalue weighted by molar-refractivity contribution is 5.26. The summed E-state index contributed by atoms with van der Waals surface area (Å²) in [6.45, 7) is 6.71. The highest BCUT2D eigenvalue weighted by Gasteiger charge is 2.63. The van der Waals surface area contributed by atoms with Crippen LogP contribution in [0.4, 0.5) is 0 Å². The Morgan fingerprint density at radius 3 is 2.54 bits per heavy atom. The first-order chi connectivity index (χ1) is 11.2. The molecule has 0 radical (unpaired) electrons. The number of hydrogen-bond donors (Lipinski definition) is 3.